The molecule has 0 spiro atoms. The molecule has 0 unspecified atom stereocenters. The topological polar surface area (TPSA) is 35.5 Å². The van der Waals surface area contributed by atoms with Crippen LogP contribution in [-0.2, 0) is 9.53 Å². The second kappa shape index (κ2) is 6.98. The Bertz CT molecular complexity index is 433. The molecule has 0 saturated heterocycles. The van der Waals surface area contributed by atoms with Gasteiger partial charge >= 0.3 is 5.97 Å². The molecular formula is C11H10Br2Cl2O3. The van der Waals surface area contributed by atoms with Gasteiger partial charge in [-0.15, -0.1) is 0 Å². The molecule has 0 aliphatic heterocycles. The van der Waals surface area contributed by atoms with Crippen molar-refractivity contribution in [2.24, 2.45) is 0 Å². The van der Waals surface area contributed by atoms with Crippen LogP contribution in [0.25, 0.3) is 0 Å². The zero-order valence-electron chi connectivity index (χ0n) is 9.38. The number of esters is 1. The molecule has 0 amide bonds. The maximum absolute atomic E-state index is 11.2. The number of benzene rings is 1. The minimum Gasteiger partial charge on any atom is -0.489 e. The summed E-state index contributed by atoms with van der Waals surface area (Å²) in [6, 6.07) is 5.50. The fraction of sp³-hybridized carbons (Fsp3) is 0.364. The molecule has 0 atom stereocenters. The van der Waals surface area contributed by atoms with Crippen LogP contribution in [0.15, 0.2) is 27.1 Å². The summed E-state index contributed by atoms with van der Waals surface area (Å²) in [4.78, 5) is 11.2. The monoisotopic (exact) mass is 418 g/mol. The van der Waals surface area contributed by atoms with Crippen LogP contribution in [0.2, 0.25) is 0 Å². The van der Waals surface area contributed by atoms with Crippen molar-refractivity contribution in [3.63, 3.8) is 0 Å². The predicted octanol–water partition coefficient (Wildman–Crippen LogP) is 4.33. The number of halogens is 4. The third-order valence-electron chi connectivity index (χ3n) is 1.83. The summed E-state index contributed by atoms with van der Waals surface area (Å²) in [5.41, 5.74) is 0. The molecule has 0 heterocycles. The minimum absolute atomic E-state index is 0.0797. The zero-order chi connectivity index (χ0) is 13.8. The highest BCUT2D eigenvalue weighted by Gasteiger charge is 2.29. The van der Waals surface area contributed by atoms with E-state index in [9.17, 15) is 4.79 Å². The summed E-state index contributed by atoms with van der Waals surface area (Å²) < 4.78 is 10.5. The molecular weight excluding hydrogens is 411 g/mol. The van der Waals surface area contributed by atoms with Gasteiger partial charge in [-0.25, -0.2) is 4.79 Å². The summed E-state index contributed by atoms with van der Waals surface area (Å²) in [5, 5.41) is 0. The number of hydrogen-bond donors (Lipinski definition) is 0. The van der Waals surface area contributed by atoms with Gasteiger partial charge in [0.15, 0.2) is 0 Å². The third-order valence-corrected chi connectivity index (χ3v) is 3.25. The maximum Gasteiger partial charge on any atom is 0.342 e. The Balaban J connectivity index is 2.36. The van der Waals surface area contributed by atoms with E-state index < -0.39 is 10.3 Å². The van der Waals surface area contributed by atoms with Crippen LogP contribution in [0.3, 0.4) is 0 Å². The quantitative estimate of drug-likeness (QED) is 0.404. The fourth-order valence-electron chi connectivity index (χ4n) is 1.00. The van der Waals surface area contributed by atoms with E-state index >= 15 is 0 Å². The molecule has 1 aromatic rings. The first kappa shape index (κ1) is 16.1. The first-order chi connectivity index (χ1) is 8.30. The van der Waals surface area contributed by atoms with Gasteiger partial charge in [0.25, 0.3) is 0 Å². The molecule has 0 aromatic heterocycles. The molecule has 0 aliphatic carbocycles. The minimum atomic E-state index is -1.53. The van der Waals surface area contributed by atoms with Crippen LogP contribution in [0.1, 0.15) is 6.92 Å². The smallest absolute Gasteiger partial charge is 0.342 e. The Morgan fingerprint density at radius 3 is 2.56 bits per heavy atom. The van der Waals surface area contributed by atoms with Gasteiger partial charge in [0.05, 0.1) is 4.47 Å². The molecule has 0 bridgehead atoms. The van der Waals surface area contributed by atoms with Crippen LogP contribution < -0.4 is 4.74 Å². The van der Waals surface area contributed by atoms with Gasteiger partial charge < -0.3 is 9.47 Å². The van der Waals surface area contributed by atoms with Crippen molar-refractivity contribution in [2.45, 2.75) is 11.3 Å². The van der Waals surface area contributed by atoms with Gasteiger partial charge in [0.1, 0.15) is 19.0 Å². The second-order valence-corrected chi connectivity index (χ2v) is 6.92. The summed E-state index contributed by atoms with van der Waals surface area (Å²) >= 11 is 17.8. The van der Waals surface area contributed by atoms with Crippen LogP contribution >= 0.6 is 55.1 Å². The molecule has 0 fully saturated rings. The lowest BCUT2D eigenvalue weighted by atomic mass is 10.3. The number of ether oxygens (including phenoxy) is 2. The first-order valence-corrected chi connectivity index (χ1v) is 7.28. The van der Waals surface area contributed by atoms with Crippen LogP contribution in [0.4, 0.5) is 0 Å². The fourth-order valence-corrected chi connectivity index (χ4v) is 2.28. The van der Waals surface area contributed by atoms with E-state index in [2.05, 4.69) is 31.9 Å². The van der Waals surface area contributed by atoms with Crippen LogP contribution in [0.5, 0.6) is 5.75 Å². The largest absolute Gasteiger partial charge is 0.489 e. The lowest BCUT2D eigenvalue weighted by Crippen LogP contribution is -2.26. The van der Waals surface area contributed by atoms with E-state index in [0.29, 0.717) is 5.75 Å². The Morgan fingerprint density at radius 2 is 2.00 bits per heavy atom. The van der Waals surface area contributed by atoms with Gasteiger partial charge in [-0.05, 0) is 41.1 Å². The Morgan fingerprint density at radius 1 is 1.33 bits per heavy atom. The van der Waals surface area contributed by atoms with Gasteiger partial charge in [-0.3, -0.25) is 0 Å². The van der Waals surface area contributed by atoms with Crippen molar-refractivity contribution in [3.8, 4) is 5.75 Å². The zero-order valence-corrected chi connectivity index (χ0v) is 14.1. The molecule has 1 rings (SSSR count). The SMILES string of the molecule is CC(Cl)(Cl)C(=O)OCCOc1ccc(Br)cc1Br. The van der Waals surface area contributed by atoms with E-state index in [4.69, 9.17) is 32.7 Å². The molecule has 1 aromatic carbocycles. The Labute approximate surface area is 132 Å². The lowest BCUT2D eigenvalue weighted by Gasteiger charge is -2.13. The predicted molar refractivity (Wildman–Crippen MR) is 78.4 cm³/mol. The van der Waals surface area contributed by atoms with Crippen molar-refractivity contribution < 1.29 is 14.3 Å². The van der Waals surface area contributed by atoms with E-state index in [-0.39, 0.29) is 13.2 Å². The average molecular weight is 421 g/mol. The first-order valence-electron chi connectivity index (χ1n) is 4.93. The number of rotatable bonds is 5. The molecule has 0 saturated carbocycles. The average Bonchev–Trinajstić information content (AvgIpc) is 2.25. The van der Waals surface area contributed by atoms with Crippen molar-refractivity contribution in [3.05, 3.63) is 27.1 Å². The Hall–Kier alpha value is 0.0300. The highest BCUT2D eigenvalue weighted by Crippen LogP contribution is 2.28. The van der Waals surface area contributed by atoms with E-state index in [1.165, 1.54) is 6.92 Å². The molecule has 0 aliphatic rings. The number of carbonyl (C=O) groups is 1. The molecule has 0 N–H and O–H groups in total. The van der Waals surface area contributed by atoms with E-state index in [1.54, 1.807) is 6.07 Å². The maximum atomic E-state index is 11.2. The summed E-state index contributed by atoms with van der Waals surface area (Å²) in [7, 11) is 0. The summed E-state index contributed by atoms with van der Waals surface area (Å²) in [6.07, 6.45) is 0. The van der Waals surface area contributed by atoms with E-state index in [1.807, 2.05) is 12.1 Å². The highest BCUT2D eigenvalue weighted by molar-refractivity contribution is 9.11. The number of carbonyl (C=O) groups excluding carboxylic acids is 1. The lowest BCUT2D eigenvalue weighted by molar-refractivity contribution is -0.144. The number of hydrogen-bond acceptors (Lipinski definition) is 3. The van der Waals surface area contributed by atoms with Crippen LogP contribution in [-0.4, -0.2) is 23.5 Å². The van der Waals surface area contributed by atoms with E-state index in [0.717, 1.165) is 8.95 Å². The normalized spacial score (nSPS) is 11.2. The van der Waals surface area contributed by atoms with Crippen molar-refractivity contribution in [1.82, 2.24) is 0 Å². The summed E-state index contributed by atoms with van der Waals surface area (Å²) in [6.45, 7) is 1.65. The van der Waals surface area contributed by atoms with Crippen molar-refractivity contribution in [1.29, 1.82) is 0 Å². The van der Waals surface area contributed by atoms with Crippen LogP contribution in [0, 0.1) is 0 Å². The van der Waals surface area contributed by atoms with Gasteiger partial charge in [0.2, 0.25) is 4.33 Å². The molecule has 18 heavy (non-hydrogen) atoms. The number of alkyl halides is 2. The third kappa shape index (κ3) is 5.34. The van der Waals surface area contributed by atoms with Gasteiger partial charge in [-0.1, -0.05) is 39.1 Å². The van der Waals surface area contributed by atoms with Gasteiger partial charge in [0, 0.05) is 4.47 Å². The van der Waals surface area contributed by atoms with Crippen molar-refractivity contribution in [2.75, 3.05) is 13.2 Å². The second-order valence-electron chi connectivity index (χ2n) is 3.45. The summed E-state index contributed by atoms with van der Waals surface area (Å²) in [5.74, 6) is -0.0296. The molecule has 100 valence electrons. The molecule has 0 radical (unpaired) electrons. The van der Waals surface area contributed by atoms with Crippen molar-refractivity contribution >= 4 is 61.0 Å². The Kier molecular flexibility index (Phi) is 6.24. The standard InChI is InChI=1S/C11H10Br2Cl2O3/c1-11(14,15)10(16)18-5-4-17-9-3-2-7(12)6-8(9)13/h2-3,6H,4-5H2,1H3. The molecule has 3 nitrogen and oxygen atoms in total. The highest BCUT2D eigenvalue weighted by atomic mass is 79.9. The molecule has 7 heteroatoms. The van der Waals surface area contributed by atoms with Gasteiger partial charge in [-0.2, -0.15) is 0 Å².